The second-order valence-corrected chi connectivity index (χ2v) is 3.17. The van der Waals surface area contributed by atoms with Crippen LogP contribution in [0.25, 0.3) is 0 Å². The standard InChI is InChI=1S/C10H15NO4/c1-3-14-6-4-5-8-9(10(12)13)7(2)15-11-8/h3-6H2,1-2H3,(H,12,13). The Hall–Kier alpha value is -1.36. The first-order chi connectivity index (χ1) is 7.16. The molecule has 0 amide bonds. The van der Waals surface area contributed by atoms with Crippen LogP contribution in [0.3, 0.4) is 0 Å². The molecule has 0 saturated carbocycles. The predicted molar refractivity (Wildman–Crippen MR) is 53.0 cm³/mol. The summed E-state index contributed by atoms with van der Waals surface area (Å²) in [6.45, 7) is 4.80. The van der Waals surface area contributed by atoms with Crippen LogP contribution in [0.1, 0.15) is 35.2 Å². The fourth-order valence-corrected chi connectivity index (χ4v) is 1.35. The molecule has 5 heteroatoms. The highest BCUT2D eigenvalue weighted by molar-refractivity contribution is 5.89. The number of carbonyl (C=O) groups is 1. The van der Waals surface area contributed by atoms with Crippen molar-refractivity contribution in [2.75, 3.05) is 13.2 Å². The van der Waals surface area contributed by atoms with E-state index in [1.807, 2.05) is 6.92 Å². The second kappa shape index (κ2) is 5.50. The number of hydrogen-bond acceptors (Lipinski definition) is 4. The normalized spacial score (nSPS) is 10.5. The lowest BCUT2D eigenvalue weighted by atomic mass is 10.1. The van der Waals surface area contributed by atoms with Crippen molar-refractivity contribution in [3.05, 3.63) is 17.0 Å². The third-order valence-corrected chi connectivity index (χ3v) is 2.05. The van der Waals surface area contributed by atoms with Crippen LogP contribution in [-0.4, -0.2) is 29.4 Å². The molecule has 15 heavy (non-hydrogen) atoms. The number of aromatic nitrogens is 1. The molecule has 1 heterocycles. The molecule has 0 atom stereocenters. The quantitative estimate of drug-likeness (QED) is 0.727. The van der Waals surface area contributed by atoms with E-state index in [0.717, 1.165) is 6.42 Å². The van der Waals surface area contributed by atoms with Gasteiger partial charge in [-0.1, -0.05) is 5.16 Å². The molecule has 5 nitrogen and oxygen atoms in total. The van der Waals surface area contributed by atoms with Crippen molar-refractivity contribution < 1.29 is 19.2 Å². The molecule has 1 N–H and O–H groups in total. The summed E-state index contributed by atoms with van der Waals surface area (Å²) in [5.41, 5.74) is 0.686. The van der Waals surface area contributed by atoms with Gasteiger partial charge in [0.1, 0.15) is 11.3 Å². The number of carboxylic acid groups (broad SMARTS) is 1. The van der Waals surface area contributed by atoms with Gasteiger partial charge in [0.2, 0.25) is 0 Å². The Balaban J connectivity index is 2.57. The largest absolute Gasteiger partial charge is 0.477 e. The first-order valence-electron chi connectivity index (χ1n) is 4.93. The van der Waals surface area contributed by atoms with Gasteiger partial charge in [0.05, 0.1) is 5.69 Å². The van der Waals surface area contributed by atoms with E-state index in [9.17, 15) is 4.79 Å². The fourth-order valence-electron chi connectivity index (χ4n) is 1.35. The molecule has 0 saturated heterocycles. The molecule has 0 unspecified atom stereocenters. The van der Waals surface area contributed by atoms with Gasteiger partial charge in [-0.15, -0.1) is 0 Å². The molecule has 0 aliphatic heterocycles. The van der Waals surface area contributed by atoms with E-state index < -0.39 is 5.97 Å². The summed E-state index contributed by atoms with van der Waals surface area (Å²) in [5, 5.41) is 12.6. The molecule has 0 aliphatic rings. The monoisotopic (exact) mass is 213 g/mol. The van der Waals surface area contributed by atoms with Crippen LogP contribution in [0.15, 0.2) is 4.52 Å². The van der Waals surface area contributed by atoms with Gasteiger partial charge in [0.15, 0.2) is 0 Å². The third kappa shape index (κ3) is 3.06. The summed E-state index contributed by atoms with van der Waals surface area (Å²) in [6.07, 6.45) is 1.32. The van der Waals surface area contributed by atoms with Gasteiger partial charge in [-0.3, -0.25) is 0 Å². The van der Waals surface area contributed by atoms with E-state index in [4.69, 9.17) is 14.4 Å². The summed E-state index contributed by atoms with van der Waals surface area (Å²) >= 11 is 0. The zero-order valence-corrected chi connectivity index (χ0v) is 8.95. The summed E-state index contributed by atoms with van der Waals surface area (Å²) in [7, 11) is 0. The van der Waals surface area contributed by atoms with E-state index in [0.29, 0.717) is 31.1 Å². The summed E-state index contributed by atoms with van der Waals surface area (Å²) in [5.74, 6) is -0.630. The number of aromatic carboxylic acids is 1. The molecule has 84 valence electrons. The number of carboxylic acids is 1. The van der Waals surface area contributed by atoms with Crippen molar-refractivity contribution in [2.45, 2.75) is 26.7 Å². The SMILES string of the molecule is CCOCCCc1noc(C)c1C(=O)O. The maximum Gasteiger partial charge on any atom is 0.341 e. The van der Waals surface area contributed by atoms with Gasteiger partial charge < -0.3 is 14.4 Å². The molecule has 0 spiro atoms. The van der Waals surface area contributed by atoms with Crippen molar-refractivity contribution in [1.82, 2.24) is 5.16 Å². The number of aryl methyl sites for hydroxylation is 2. The zero-order chi connectivity index (χ0) is 11.3. The first kappa shape index (κ1) is 11.7. The van der Waals surface area contributed by atoms with Gasteiger partial charge in [-0.05, 0) is 26.7 Å². The van der Waals surface area contributed by atoms with Crippen LogP contribution in [0.2, 0.25) is 0 Å². The lowest BCUT2D eigenvalue weighted by Crippen LogP contribution is -2.03. The molecule has 1 rings (SSSR count). The van der Waals surface area contributed by atoms with Gasteiger partial charge >= 0.3 is 5.97 Å². The maximum atomic E-state index is 10.9. The molecule has 0 aromatic carbocycles. The van der Waals surface area contributed by atoms with Crippen molar-refractivity contribution in [1.29, 1.82) is 0 Å². The van der Waals surface area contributed by atoms with Crippen LogP contribution < -0.4 is 0 Å². The molecule has 1 aromatic heterocycles. The van der Waals surface area contributed by atoms with Crippen LogP contribution in [0, 0.1) is 6.92 Å². The fraction of sp³-hybridized carbons (Fsp3) is 0.600. The minimum atomic E-state index is -0.986. The van der Waals surface area contributed by atoms with E-state index >= 15 is 0 Å². The predicted octanol–water partition coefficient (Wildman–Crippen LogP) is 1.65. The van der Waals surface area contributed by atoms with Crippen LogP contribution in [-0.2, 0) is 11.2 Å². The van der Waals surface area contributed by atoms with Gasteiger partial charge in [-0.2, -0.15) is 0 Å². The lowest BCUT2D eigenvalue weighted by Gasteiger charge is -1.99. The van der Waals surface area contributed by atoms with Gasteiger partial charge in [0.25, 0.3) is 0 Å². The molecule has 0 fully saturated rings. The summed E-state index contributed by atoms with van der Waals surface area (Å²) in [6, 6.07) is 0. The average molecular weight is 213 g/mol. The van der Waals surface area contributed by atoms with Crippen LogP contribution >= 0.6 is 0 Å². The Morgan fingerprint density at radius 3 is 2.93 bits per heavy atom. The van der Waals surface area contributed by atoms with Gasteiger partial charge in [0, 0.05) is 13.2 Å². The maximum absolute atomic E-state index is 10.9. The minimum absolute atomic E-state index is 0.187. The third-order valence-electron chi connectivity index (χ3n) is 2.05. The van der Waals surface area contributed by atoms with E-state index in [1.165, 1.54) is 0 Å². The molecule has 0 aliphatic carbocycles. The van der Waals surface area contributed by atoms with E-state index in [2.05, 4.69) is 5.16 Å². The Labute approximate surface area is 88.0 Å². The highest BCUT2D eigenvalue weighted by Gasteiger charge is 2.18. The van der Waals surface area contributed by atoms with Crippen molar-refractivity contribution in [2.24, 2.45) is 0 Å². The minimum Gasteiger partial charge on any atom is -0.477 e. The summed E-state index contributed by atoms with van der Waals surface area (Å²) in [4.78, 5) is 10.9. The Morgan fingerprint density at radius 2 is 2.33 bits per heavy atom. The molecular formula is C10H15NO4. The number of hydrogen-bond donors (Lipinski definition) is 1. The Bertz CT molecular complexity index is 332. The molecule has 1 aromatic rings. The zero-order valence-electron chi connectivity index (χ0n) is 8.95. The van der Waals surface area contributed by atoms with E-state index in [1.54, 1.807) is 6.92 Å². The summed E-state index contributed by atoms with van der Waals surface area (Å²) < 4.78 is 10.00. The number of ether oxygens (including phenoxy) is 1. The second-order valence-electron chi connectivity index (χ2n) is 3.17. The highest BCUT2D eigenvalue weighted by atomic mass is 16.5. The van der Waals surface area contributed by atoms with Crippen molar-refractivity contribution in [3.63, 3.8) is 0 Å². The van der Waals surface area contributed by atoms with Crippen LogP contribution in [0.4, 0.5) is 0 Å². The number of rotatable bonds is 6. The Kier molecular flexibility index (Phi) is 4.30. The molecule has 0 radical (unpaired) electrons. The lowest BCUT2D eigenvalue weighted by molar-refractivity contribution is 0.0693. The van der Waals surface area contributed by atoms with Crippen LogP contribution in [0.5, 0.6) is 0 Å². The van der Waals surface area contributed by atoms with Crippen molar-refractivity contribution >= 4 is 5.97 Å². The topological polar surface area (TPSA) is 72.6 Å². The molecular weight excluding hydrogens is 198 g/mol. The number of nitrogens with zero attached hydrogens (tertiary/aromatic N) is 1. The van der Waals surface area contributed by atoms with Gasteiger partial charge in [-0.25, -0.2) is 4.79 Å². The first-order valence-corrected chi connectivity index (χ1v) is 4.93. The Morgan fingerprint density at radius 1 is 1.60 bits per heavy atom. The van der Waals surface area contributed by atoms with E-state index in [-0.39, 0.29) is 5.56 Å². The average Bonchev–Trinajstić information content (AvgIpc) is 2.54. The van der Waals surface area contributed by atoms with Crippen molar-refractivity contribution in [3.8, 4) is 0 Å². The smallest absolute Gasteiger partial charge is 0.341 e. The molecule has 0 bridgehead atoms. The highest BCUT2D eigenvalue weighted by Crippen LogP contribution is 2.14.